The molecule has 1 heterocycles. The summed E-state index contributed by atoms with van der Waals surface area (Å²) in [5.41, 5.74) is 1.12. The van der Waals surface area contributed by atoms with Crippen LogP contribution in [0.3, 0.4) is 0 Å². The fourth-order valence-electron chi connectivity index (χ4n) is 1.55. The molecule has 1 nitrogen and oxygen atoms in total. The monoisotopic (exact) mass is 174 g/mol. The summed E-state index contributed by atoms with van der Waals surface area (Å²) in [6.07, 6.45) is 4.37. The van der Waals surface area contributed by atoms with Gasteiger partial charge < -0.3 is 4.74 Å². The Morgan fingerprint density at radius 2 is 1.85 bits per heavy atom. The molecule has 1 unspecified atom stereocenters. The molecule has 13 heavy (non-hydrogen) atoms. The van der Waals surface area contributed by atoms with Gasteiger partial charge in [-0.15, -0.1) is 0 Å². The Morgan fingerprint density at radius 3 is 2.38 bits per heavy atom. The molecule has 0 fully saturated rings. The maximum Gasteiger partial charge on any atom is 0.102 e. The molecule has 0 saturated carbocycles. The molecule has 1 heteroatoms. The van der Waals surface area contributed by atoms with Crippen LogP contribution < -0.4 is 0 Å². The van der Waals surface area contributed by atoms with Crippen molar-refractivity contribution in [3.63, 3.8) is 0 Å². The average molecular weight is 174 g/mol. The summed E-state index contributed by atoms with van der Waals surface area (Å²) in [6, 6.07) is 10.3. The molecule has 1 aliphatic rings. The predicted octanol–water partition coefficient (Wildman–Crippen LogP) is 3.09. The zero-order chi connectivity index (χ0) is 9.31. The van der Waals surface area contributed by atoms with Gasteiger partial charge in [-0.05, 0) is 19.4 Å². The van der Waals surface area contributed by atoms with Crippen LogP contribution in [0.1, 0.15) is 25.5 Å². The van der Waals surface area contributed by atoms with Crippen LogP contribution in [0.2, 0.25) is 0 Å². The fourth-order valence-corrected chi connectivity index (χ4v) is 1.55. The molecule has 0 N–H and O–H groups in total. The first kappa shape index (κ1) is 8.52. The van der Waals surface area contributed by atoms with E-state index in [0.29, 0.717) is 0 Å². The van der Waals surface area contributed by atoms with E-state index in [1.165, 1.54) is 5.56 Å². The van der Waals surface area contributed by atoms with Crippen LogP contribution in [0.15, 0.2) is 42.5 Å². The van der Waals surface area contributed by atoms with Gasteiger partial charge in [-0.25, -0.2) is 0 Å². The summed E-state index contributed by atoms with van der Waals surface area (Å²) < 4.78 is 5.82. The lowest BCUT2D eigenvalue weighted by atomic mass is 10.1. The van der Waals surface area contributed by atoms with Crippen LogP contribution in [-0.2, 0) is 4.74 Å². The molecule has 0 spiro atoms. The molecule has 1 aromatic rings. The molecule has 0 aromatic heterocycles. The second kappa shape index (κ2) is 3.00. The normalized spacial score (nSPS) is 24.9. The van der Waals surface area contributed by atoms with Gasteiger partial charge >= 0.3 is 0 Å². The van der Waals surface area contributed by atoms with Crippen LogP contribution in [0.5, 0.6) is 0 Å². The van der Waals surface area contributed by atoms with Crippen LogP contribution in [0.25, 0.3) is 0 Å². The zero-order valence-electron chi connectivity index (χ0n) is 8.03. The Labute approximate surface area is 79.0 Å². The Hall–Kier alpha value is -1.08. The molecule has 0 saturated heterocycles. The Morgan fingerprint density at radius 1 is 1.15 bits per heavy atom. The number of hydrogen-bond donors (Lipinski definition) is 0. The van der Waals surface area contributed by atoms with Crippen LogP contribution in [0, 0.1) is 0 Å². The third kappa shape index (κ3) is 1.81. The molecule has 68 valence electrons. The summed E-state index contributed by atoms with van der Waals surface area (Å²) in [6.45, 7) is 4.15. The number of ether oxygens (including phenoxy) is 1. The highest BCUT2D eigenvalue weighted by Crippen LogP contribution is 2.32. The van der Waals surface area contributed by atoms with E-state index in [1.807, 2.05) is 18.2 Å². The minimum Gasteiger partial charge on any atom is -0.359 e. The summed E-state index contributed by atoms with van der Waals surface area (Å²) in [5.74, 6) is 0. The summed E-state index contributed by atoms with van der Waals surface area (Å²) in [7, 11) is 0. The highest BCUT2D eigenvalue weighted by atomic mass is 16.5. The molecule has 0 aliphatic carbocycles. The van der Waals surface area contributed by atoms with Crippen molar-refractivity contribution in [2.75, 3.05) is 0 Å². The highest BCUT2D eigenvalue weighted by molar-refractivity contribution is 5.25. The van der Waals surface area contributed by atoms with E-state index in [2.05, 4.69) is 38.1 Å². The van der Waals surface area contributed by atoms with E-state index in [-0.39, 0.29) is 11.7 Å². The smallest absolute Gasteiger partial charge is 0.102 e. The second-order valence-electron chi connectivity index (χ2n) is 3.91. The van der Waals surface area contributed by atoms with E-state index in [9.17, 15) is 0 Å². The van der Waals surface area contributed by atoms with Gasteiger partial charge in [0.2, 0.25) is 0 Å². The first-order valence-corrected chi connectivity index (χ1v) is 4.59. The fraction of sp³-hybridized carbons (Fsp3) is 0.333. The first-order valence-electron chi connectivity index (χ1n) is 4.59. The topological polar surface area (TPSA) is 9.23 Å². The van der Waals surface area contributed by atoms with Crippen molar-refractivity contribution < 1.29 is 4.74 Å². The maximum absolute atomic E-state index is 5.82. The lowest BCUT2D eigenvalue weighted by Crippen LogP contribution is -2.17. The van der Waals surface area contributed by atoms with E-state index in [4.69, 9.17) is 4.74 Å². The van der Waals surface area contributed by atoms with Crippen LogP contribution >= 0.6 is 0 Å². The molecule has 0 bridgehead atoms. The lowest BCUT2D eigenvalue weighted by molar-refractivity contribution is 0.000844. The van der Waals surface area contributed by atoms with Crippen molar-refractivity contribution in [1.29, 1.82) is 0 Å². The minimum atomic E-state index is -0.111. The number of benzene rings is 1. The van der Waals surface area contributed by atoms with Crippen molar-refractivity contribution in [2.45, 2.75) is 25.6 Å². The Bertz CT molecular complexity index is 311. The SMILES string of the molecule is CC1(C)C=CC(c2ccccc2)O1. The molecule has 1 aromatic carbocycles. The van der Waals surface area contributed by atoms with Crippen molar-refractivity contribution in [3.8, 4) is 0 Å². The van der Waals surface area contributed by atoms with Gasteiger partial charge in [-0.3, -0.25) is 0 Å². The summed E-state index contributed by atoms with van der Waals surface area (Å²) in [5, 5.41) is 0. The quantitative estimate of drug-likeness (QED) is 0.594. The van der Waals surface area contributed by atoms with Crippen LogP contribution in [-0.4, -0.2) is 5.60 Å². The summed E-state index contributed by atoms with van der Waals surface area (Å²) in [4.78, 5) is 0. The van der Waals surface area contributed by atoms with Crippen molar-refractivity contribution in [3.05, 3.63) is 48.0 Å². The van der Waals surface area contributed by atoms with Gasteiger partial charge in [0.15, 0.2) is 0 Å². The summed E-state index contributed by atoms with van der Waals surface area (Å²) >= 11 is 0. The molecule has 2 rings (SSSR count). The largest absolute Gasteiger partial charge is 0.359 e. The van der Waals surface area contributed by atoms with E-state index >= 15 is 0 Å². The molecular weight excluding hydrogens is 160 g/mol. The van der Waals surface area contributed by atoms with Crippen LogP contribution in [0.4, 0.5) is 0 Å². The van der Waals surface area contributed by atoms with Gasteiger partial charge in [0.05, 0.1) is 5.60 Å². The first-order chi connectivity index (χ1) is 6.17. The van der Waals surface area contributed by atoms with Crippen molar-refractivity contribution >= 4 is 0 Å². The maximum atomic E-state index is 5.82. The third-order valence-electron chi connectivity index (χ3n) is 2.23. The average Bonchev–Trinajstić information content (AvgIpc) is 2.48. The highest BCUT2D eigenvalue weighted by Gasteiger charge is 2.26. The van der Waals surface area contributed by atoms with Gasteiger partial charge in [0.25, 0.3) is 0 Å². The van der Waals surface area contributed by atoms with E-state index < -0.39 is 0 Å². The van der Waals surface area contributed by atoms with Crippen molar-refractivity contribution in [2.24, 2.45) is 0 Å². The second-order valence-corrected chi connectivity index (χ2v) is 3.91. The number of rotatable bonds is 1. The lowest BCUT2D eigenvalue weighted by Gasteiger charge is -2.19. The molecule has 0 amide bonds. The molecule has 0 radical (unpaired) electrons. The van der Waals surface area contributed by atoms with Gasteiger partial charge in [0.1, 0.15) is 6.10 Å². The van der Waals surface area contributed by atoms with Gasteiger partial charge in [-0.1, -0.05) is 42.5 Å². The minimum absolute atomic E-state index is 0.111. The number of hydrogen-bond acceptors (Lipinski definition) is 1. The van der Waals surface area contributed by atoms with Gasteiger partial charge in [-0.2, -0.15) is 0 Å². The molecule has 1 atom stereocenters. The van der Waals surface area contributed by atoms with Crippen molar-refractivity contribution in [1.82, 2.24) is 0 Å². The standard InChI is InChI=1S/C12H14O/c1-12(2)9-8-11(13-12)10-6-4-3-5-7-10/h3-9,11H,1-2H3. The van der Waals surface area contributed by atoms with Gasteiger partial charge in [0, 0.05) is 0 Å². The zero-order valence-corrected chi connectivity index (χ0v) is 8.03. The van der Waals surface area contributed by atoms with E-state index in [1.54, 1.807) is 0 Å². The third-order valence-corrected chi connectivity index (χ3v) is 2.23. The predicted molar refractivity (Wildman–Crippen MR) is 53.5 cm³/mol. The van der Waals surface area contributed by atoms with E-state index in [0.717, 1.165) is 0 Å². The molecular formula is C12H14O. The Kier molecular flexibility index (Phi) is 1.97. The Balaban J connectivity index is 2.19. The molecule has 1 aliphatic heterocycles.